The molecule has 1 aromatic carbocycles. The molecule has 1 atom stereocenters. The third-order valence-electron chi connectivity index (χ3n) is 3.01. The number of sulfonamides is 1. The Bertz CT molecular complexity index is 717. The van der Waals surface area contributed by atoms with E-state index in [2.05, 4.69) is 0 Å². The first-order chi connectivity index (χ1) is 9.97. The van der Waals surface area contributed by atoms with Gasteiger partial charge in [0, 0.05) is 11.6 Å². The minimum atomic E-state index is -4.26. The number of halogens is 1. The Labute approximate surface area is 132 Å². The van der Waals surface area contributed by atoms with Crippen LogP contribution in [0.25, 0.3) is 0 Å². The van der Waals surface area contributed by atoms with Gasteiger partial charge in [-0.2, -0.15) is 4.72 Å². The Kier molecular flexibility index (Phi) is 5.49. The van der Waals surface area contributed by atoms with Crippen LogP contribution < -0.4 is 4.72 Å². The first kappa shape index (κ1) is 18.3. The Morgan fingerprint density at radius 2 is 1.95 bits per heavy atom. The molecule has 0 spiro atoms. The molecule has 0 amide bonds. The largest absolute Gasteiger partial charge is 0.480 e. The van der Waals surface area contributed by atoms with E-state index in [9.17, 15) is 23.3 Å². The first-order valence-corrected chi connectivity index (χ1v) is 8.03. The maximum atomic E-state index is 12.2. The van der Waals surface area contributed by atoms with Crippen molar-refractivity contribution in [1.82, 2.24) is 4.72 Å². The van der Waals surface area contributed by atoms with E-state index in [1.807, 2.05) is 4.72 Å². The number of hydrogen-bond acceptors (Lipinski definition) is 5. The summed E-state index contributed by atoms with van der Waals surface area (Å²) >= 11 is 5.82. The van der Waals surface area contributed by atoms with Gasteiger partial charge in [-0.25, -0.2) is 8.42 Å². The molecule has 0 fully saturated rings. The molecule has 0 saturated carbocycles. The zero-order chi connectivity index (χ0) is 17.2. The van der Waals surface area contributed by atoms with Gasteiger partial charge in [0.05, 0.1) is 14.8 Å². The monoisotopic (exact) mass is 350 g/mol. The second-order valence-electron chi connectivity index (χ2n) is 4.99. The van der Waals surface area contributed by atoms with Crippen LogP contribution in [0.4, 0.5) is 5.69 Å². The molecule has 122 valence electrons. The second kappa shape index (κ2) is 6.59. The van der Waals surface area contributed by atoms with Crippen LogP contribution >= 0.6 is 11.6 Å². The topological polar surface area (TPSA) is 127 Å². The normalized spacial score (nSPS) is 13.1. The molecule has 10 heteroatoms. The van der Waals surface area contributed by atoms with Crippen LogP contribution in [0.2, 0.25) is 5.02 Å². The van der Waals surface area contributed by atoms with Gasteiger partial charge in [-0.05, 0) is 18.9 Å². The number of carboxylic acid groups (broad SMARTS) is 1. The summed E-state index contributed by atoms with van der Waals surface area (Å²) in [6, 6.07) is 0.540. The maximum Gasteiger partial charge on any atom is 0.322 e. The SMILES string of the molecule is Cc1c(Cl)cc(S(=O)(=O)NC(C(=O)O)C(C)C)cc1[N+](=O)[O-]. The zero-order valence-electron chi connectivity index (χ0n) is 12.0. The van der Waals surface area contributed by atoms with E-state index >= 15 is 0 Å². The van der Waals surface area contributed by atoms with E-state index < -0.39 is 43.5 Å². The molecule has 0 aliphatic carbocycles. The van der Waals surface area contributed by atoms with Crippen molar-refractivity contribution < 1.29 is 23.2 Å². The Hall–Kier alpha value is -1.71. The van der Waals surface area contributed by atoms with Gasteiger partial charge in [-0.3, -0.25) is 14.9 Å². The van der Waals surface area contributed by atoms with Crippen LogP contribution in [-0.2, 0) is 14.8 Å². The van der Waals surface area contributed by atoms with Crippen molar-refractivity contribution in [3.8, 4) is 0 Å². The molecule has 0 radical (unpaired) electrons. The van der Waals surface area contributed by atoms with E-state index in [4.69, 9.17) is 16.7 Å². The van der Waals surface area contributed by atoms with Gasteiger partial charge in [0.2, 0.25) is 10.0 Å². The zero-order valence-corrected chi connectivity index (χ0v) is 13.6. The summed E-state index contributed by atoms with van der Waals surface area (Å²) in [7, 11) is -4.26. The average Bonchev–Trinajstić information content (AvgIpc) is 2.37. The predicted molar refractivity (Wildman–Crippen MR) is 79.4 cm³/mol. The molecule has 1 unspecified atom stereocenters. The standard InChI is InChI=1S/C12H15ClN2O6S/c1-6(2)11(12(16)17)14-22(20,21)8-4-9(13)7(3)10(5-8)15(18)19/h4-6,11,14H,1-3H3,(H,16,17). The maximum absolute atomic E-state index is 12.2. The molecule has 0 heterocycles. The molecule has 2 N–H and O–H groups in total. The fraction of sp³-hybridized carbons (Fsp3) is 0.417. The van der Waals surface area contributed by atoms with E-state index in [1.165, 1.54) is 20.8 Å². The quantitative estimate of drug-likeness (QED) is 0.596. The van der Waals surface area contributed by atoms with E-state index in [-0.39, 0.29) is 10.6 Å². The molecule has 0 aromatic heterocycles. The average molecular weight is 351 g/mol. The lowest BCUT2D eigenvalue weighted by Crippen LogP contribution is -2.44. The summed E-state index contributed by atoms with van der Waals surface area (Å²) in [5.41, 5.74) is -0.325. The summed E-state index contributed by atoms with van der Waals surface area (Å²) < 4.78 is 26.5. The van der Waals surface area contributed by atoms with Crippen molar-refractivity contribution in [3.63, 3.8) is 0 Å². The van der Waals surface area contributed by atoms with Crippen molar-refractivity contribution in [2.24, 2.45) is 5.92 Å². The molecular weight excluding hydrogens is 336 g/mol. The van der Waals surface area contributed by atoms with Gasteiger partial charge in [-0.1, -0.05) is 25.4 Å². The Balaban J connectivity index is 3.35. The number of aliphatic carboxylic acids is 1. The summed E-state index contributed by atoms with van der Waals surface area (Å²) in [5.74, 6) is -1.85. The number of benzene rings is 1. The summed E-state index contributed by atoms with van der Waals surface area (Å²) in [4.78, 5) is 20.8. The summed E-state index contributed by atoms with van der Waals surface area (Å²) in [6.45, 7) is 4.45. The van der Waals surface area contributed by atoms with Crippen LogP contribution in [0.5, 0.6) is 0 Å². The first-order valence-electron chi connectivity index (χ1n) is 6.17. The number of nitrogens with one attached hydrogen (secondary N) is 1. The Morgan fingerprint density at radius 1 is 1.41 bits per heavy atom. The number of nitro groups is 1. The molecular formula is C12H15ClN2O6S. The molecule has 22 heavy (non-hydrogen) atoms. The molecule has 8 nitrogen and oxygen atoms in total. The summed E-state index contributed by atoms with van der Waals surface area (Å²) in [5, 5.41) is 19.9. The molecule has 0 aliphatic rings. The van der Waals surface area contributed by atoms with Gasteiger partial charge in [-0.15, -0.1) is 0 Å². The third kappa shape index (κ3) is 3.93. The van der Waals surface area contributed by atoms with Crippen molar-refractivity contribution >= 4 is 33.3 Å². The third-order valence-corrected chi connectivity index (χ3v) is 4.83. The highest BCUT2D eigenvalue weighted by Crippen LogP contribution is 2.29. The fourth-order valence-electron chi connectivity index (χ4n) is 1.69. The van der Waals surface area contributed by atoms with Crippen LogP contribution in [0.3, 0.4) is 0 Å². The van der Waals surface area contributed by atoms with Crippen LogP contribution in [0.15, 0.2) is 17.0 Å². The van der Waals surface area contributed by atoms with Crippen molar-refractivity contribution in [2.45, 2.75) is 31.7 Å². The number of carboxylic acids is 1. The minimum Gasteiger partial charge on any atom is -0.480 e. The van der Waals surface area contributed by atoms with Crippen LogP contribution in [0.1, 0.15) is 19.4 Å². The van der Waals surface area contributed by atoms with Crippen molar-refractivity contribution in [2.75, 3.05) is 0 Å². The lowest BCUT2D eigenvalue weighted by Gasteiger charge is -2.18. The van der Waals surface area contributed by atoms with Crippen molar-refractivity contribution in [3.05, 3.63) is 32.8 Å². The van der Waals surface area contributed by atoms with Crippen LogP contribution in [-0.4, -0.2) is 30.5 Å². The fourth-order valence-corrected chi connectivity index (χ4v) is 3.35. The van der Waals surface area contributed by atoms with E-state index in [0.29, 0.717) is 0 Å². The number of nitro benzene ring substituents is 1. The minimum absolute atomic E-state index is 0.0917. The lowest BCUT2D eigenvalue weighted by molar-refractivity contribution is -0.385. The molecule has 1 aromatic rings. The highest BCUT2D eigenvalue weighted by atomic mass is 35.5. The van der Waals surface area contributed by atoms with E-state index in [0.717, 1.165) is 12.1 Å². The second-order valence-corrected chi connectivity index (χ2v) is 7.11. The van der Waals surface area contributed by atoms with E-state index in [1.54, 1.807) is 0 Å². The molecule has 0 aliphatic heterocycles. The lowest BCUT2D eigenvalue weighted by atomic mass is 10.1. The van der Waals surface area contributed by atoms with Gasteiger partial charge in [0.15, 0.2) is 0 Å². The highest BCUT2D eigenvalue weighted by Gasteiger charge is 2.30. The highest BCUT2D eigenvalue weighted by molar-refractivity contribution is 7.89. The number of nitrogens with zero attached hydrogens (tertiary/aromatic N) is 1. The number of carbonyl (C=O) groups is 1. The van der Waals surface area contributed by atoms with Gasteiger partial charge in [0.25, 0.3) is 5.69 Å². The van der Waals surface area contributed by atoms with Crippen LogP contribution in [0, 0.1) is 23.0 Å². The number of rotatable bonds is 6. The number of hydrogen-bond donors (Lipinski definition) is 2. The van der Waals surface area contributed by atoms with Gasteiger partial charge >= 0.3 is 5.97 Å². The van der Waals surface area contributed by atoms with Gasteiger partial charge < -0.3 is 5.11 Å². The smallest absolute Gasteiger partial charge is 0.322 e. The van der Waals surface area contributed by atoms with Gasteiger partial charge in [0.1, 0.15) is 6.04 Å². The summed E-state index contributed by atoms with van der Waals surface area (Å²) in [6.07, 6.45) is 0. The molecule has 0 bridgehead atoms. The molecule has 0 saturated heterocycles. The van der Waals surface area contributed by atoms with Crippen molar-refractivity contribution in [1.29, 1.82) is 0 Å². The Morgan fingerprint density at radius 3 is 2.36 bits per heavy atom. The predicted octanol–water partition coefficient (Wildman–Crippen LogP) is 1.94. The molecule has 1 rings (SSSR count).